The lowest BCUT2D eigenvalue weighted by Gasteiger charge is -2.37. The van der Waals surface area contributed by atoms with E-state index in [4.69, 9.17) is 0 Å². The summed E-state index contributed by atoms with van der Waals surface area (Å²) in [6.45, 7) is 5.00. The summed E-state index contributed by atoms with van der Waals surface area (Å²) in [5.74, 6) is 0. The molecule has 0 aromatic heterocycles. The summed E-state index contributed by atoms with van der Waals surface area (Å²) in [6, 6.07) is 1.54. The molecule has 0 spiro atoms. The summed E-state index contributed by atoms with van der Waals surface area (Å²) in [4.78, 5) is 5.03. The van der Waals surface area contributed by atoms with Gasteiger partial charge in [0, 0.05) is 25.2 Å². The van der Waals surface area contributed by atoms with Gasteiger partial charge in [0.15, 0.2) is 0 Å². The van der Waals surface area contributed by atoms with Crippen molar-refractivity contribution >= 4 is 0 Å². The van der Waals surface area contributed by atoms with E-state index in [2.05, 4.69) is 29.2 Å². The van der Waals surface area contributed by atoms with Gasteiger partial charge in [-0.15, -0.1) is 0 Å². The average Bonchev–Trinajstić information content (AvgIpc) is 2.70. The highest BCUT2D eigenvalue weighted by Crippen LogP contribution is 2.15. The molecule has 2 atom stereocenters. The molecule has 2 heterocycles. The van der Waals surface area contributed by atoms with E-state index in [0.29, 0.717) is 0 Å². The van der Waals surface area contributed by atoms with Gasteiger partial charge in [-0.05, 0) is 52.9 Å². The van der Waals surface area contributed by atoms with Gasteiger partial charge in [0.2, 0.25) is 0 Å². The molecule has 3 nitrogen and oxygen atoms in total. The fourth-order valence-electron chi connectivity index (χ4n) is 2.91. The van der Waals surface area contributed by atoms with Gasteiger partial charge in [0.05, 0.1) is 0 Å². The van der Waals surface area contributed by atoms with Gasteiger partial charge < -0.3 is 15.1 Å². The van der Waals surface area contributed by atoms with Crippen molar-refractivity contribution in [1.82, 2.24) is 15.1 Å². The molecule has 0 bridgehead atoms. The molecule has 0 saturated carbocycles. The molecule has 2 rings (SSSR count). The van der Waals surface area contributed by atoms with Crippen molar-refractivity contribution < 1.29 is 0 Å². The second kappa shape index (κ2) is 5.28. The Kier molecular flexibility index (Phi) is 4.00. The van der Waals surface area contributed by atoms with Crippen LogP contribution in [-0.2, 0) is 0 Å². The minimum Gasteiger partial charge on any atom is -0.313 e. The minimum absolute atomic E-state index is 0.752. The number of nitrogens with one attached hydrogen (secondary N) is 1. The van der Waals surface area contributed by atoms with Crippen molar-refractivity contribution in [1.29, 1.82) is 0 Å². The summed E-state index contributed by atoms with van der Waals surface area (Å²) < 4.78 is 0. The normalized spacial score (nSPS) is 33.8. The lowest BCUT2D eigenvalue weighted by Crippen LogP contribution is -2.48. The molecule has 2 saturated heterocycles. The maximum atomic E-state index is 3.58. The molecular weight excluding hydrogens is 186 g/mol. The number of rotatable bonds is 3. The molecule has 15 heavy (non-hydrogen) atoms. The molecule has 0 amide bonds. The molecule has 2 fully saturated rings. The molecular formula is C12H25N3. The van der Waals surface area contributed by atoms with E-state index in [9.17, 15) is 0 Å². The second-order valence-electron chi connectivity index (χ2n) is 5.29. The first-order valence-corrected chi connectivity index (χ1v) is 6.38. The van der Waals surface area contributed by atoms with E-state index in [1.165, 1.54) is 51.9 Å². The number of likely N-dealkylation sites (N-methyl/N-ethyl adjacent to an activating group) is 2. The minimum atomic E-state index is 0.752. The zero-order valence-corrected chi connectivity index (χ0v) is 10.2. The number of piperidine rings is 1. The van der Waals surface area contributed by atoms with Gasteiger partial charge in [-0.25, -0.2) is 0 Å². The van der Waals surface area contributed by atoms with Crippen LogP contribution in [0.3, 0.4) is 0 Å². The fraction of sp³-hybridized carbons (Fsp3) is 1.00. The van der Waals surface area contributed by atoms with E-state index in [1.807, 2.05) is 0 Å². The quantitative estimate of drug-likeness (QED) is 0.744. The van der Waals surface area contributed by atoms with Gasteiger partial charge in [0.1, 0.15) is 0 Å². The number of hydrogen-bond donors (Lipinski definition) is 1. The van der Waals surface area contributed by atoms with Gasteiger partial charge >= 0.3 is 0 Å². The van der Waals surface area contributed by atoms with Crippen molar-refractivity contribution in [3.05, 3.63) is 0 Å². The summed E-state index contributed by atoms with van der Waals surface area (Å²) in [6.07, 6.45) is 5.48. The van der Waals surface area contributed by atoms with Crippen molar-refractivity contribution in [2.24, 2.45) is 0 Å². The maximum absolute atomic E-state index is 3.58. The smallest absolute Gasteiger partial charge is 0.0221 e. The summed E-state index contributed by atoms with van der Waals surface area (Å²) in [5.41, 5.74) is 0. The first-order valence-electron chi connectivity index (χ1n) is 6.38. The van der Waals surface area contributed by atoms with E-state index < -0.39 is 0 Å². The zero-order chi connectivity index (χ0) is 10.7. The predicted molar refractivity (Wildman–Crippen MR) is 64.2 cm³/mol. The van der Waals surface area contributed by atoms with Crippen LogP contribution >= 0.6 is 0 Å². The molecule has 1 N–H and O–H groups in total. The highest BCUT2D eigenvalue weighted by Gasteiger charge is 2.24. The van der Waals surface area contributed by atoms with Crippen LogP contribution in [-0.4, -0.2) is 62.2 Å². The molecule has 0 aromatic carbocycles. The Morgan fingerprint density at radius 3 is 2.87 bits per heavy atom. The van der Waals surface area contributed by atoms with Crippen LogP contribution in [0.4, 0.5) is 0 Å². The molecule has 88 valence electrons. The molecule has 2 aliphatic rings. The Bertz CT molecular complexity index is 189. The molecule has 1 unspecified atom stereocenters. The van der Waals surface area contributed by atoms with E-state index >= 15 is 0 Å². The molecule has 0 aromatic rings. The third-order valence-corrected chi connectivity index (χ3v) is 3.89. The number of hydrogen-bond acceptors (Lipinski definition) is 3. The van der Waals surface area contributed by atoms with E-state index in [-0.39, 0.29) is 0 Å². The lowest BCUT2D eigenvalue weighted by atomic mass is 10.0. The Hall–Kier alpha value is -0.120. The van der Waals surface area contributed by atoms with Gasteiger partial charge in [-0.1, -0.05) is 0 Å². The van der Waals surface area contributed by atoms with Crippen molar-refractivity contribution in [3.63, 3.8) is 0 Å². The fourth-order valence-corrected chi connectivity index (χ4v) is 2.91. The maximum Gasteiger partial charge on any atom is 0.0221 e. The third kappa shape index (κ3) is 3.16. The Morgan fingerprint density at radius 1 is 1.33 bits per heavy atom. The van der Waals surface area contributed by atoms with Crippen molar-refractivity contribution in [2.75, 3.05) is 40.3 Å². The van der Waals surface area contributed by atoms with Crippen molar-refractivity contribution in [2.45, 2.75) is 37.8 Å². The van der Waals surface area contributed by atoms with Crippen LogP contribution in [0.1, 0.15) is 25.7 Å². The monoisotopic (exact) mass is 211 g/mol. The average molecular weight is 211 g/mol. The van der Waals surface area contributed by atoms with Crippen LogP contribution in [0.5, 0.6) is 0 Å². The lowest BCUT2D eigenvalue weighted by molar-refractivity contribution is 0.127. The van der Waals surface area contributed by atoms with Crippen LogP contribution in [0, 0.1) is 0 Å². The molecule has 0 aliphatic carbocycles. The van der Waals surface area contributed by atoms with E-state index in [1.54, 1.807) is 0 Å². The van der Waals surface area contributed by atoms with Crippen molar-refractivity contribution in [3.8, 4) is 0 Å². The molecule has 2 aliphatic heterocycles. The van der Waals surface area contributed by atoms with Crippen LogP contribution in [0.2, 0.25) is 0 Å². The largest absolute Gasteiger partial charge is 0.313 e. The summed E-state index contributed by atoms with van der Waals surface area (Å²) >= 11 is 0. The number of nitrogens with zero attached hydrogens (tertiary/aromatic N) is 2. The Balaban J connectivity index is 1.76. The molecule has 0 radical (unpaired) electrons. The first kappa shape index (κ1) is 11.4. The van der Waals surface area contributed by atoms with Crippen LogP contribution < -0.4 is 5.32 Å². The standard InChI is InChI=1S/C12H25N3/c1-14-8-4-6-12(10-14)15(2)9-11-5-3-7-13-11/h11-13H,3-10H2,1-2H3/t11-,12?/m0/s1. The predicted octanol–water partition coefficient (Wildman–Crippen LogP) is 0.764. The number of likely N-dealkylation sites (tertiary alicyclic amines) is 1. The Morgan fingerprint density at radius 2 is 2.20 bits per heavy atom. The second-order valence-corrected chi connectivity index (χ2v) is 5.29. The van der Waals surface area contributed by atoms with Crippen LogP contribution in [0.25, 0.3) is 0 Å². The van der Waals surface area contributed by atoms with E-state index in [0.717, 1.165) is 12.1 Å². The third-order valence-electron chi connectivity index (χ3n) is 3.89. The zero-order valence-electron chi connectivity index (χ0n) is 10.2. The highest BCUT2D eigenvalue weighted by atomic mass is 15.2. The molecule has 3 heteroatoms. The Labute approximate surface area is 93.8 Å². The van der Waals surface area contributed by atoms with Crippen LogP contribution in [0.15, 0.2) is 0 Å². The van der Waals surface area contributed by atoms with Gasteiger partial charge in [-0.3, -0.25) is 0 Å². The summed E-state index contributed by atoms with van der Waals surface area (Å²) in [5, 5.41) is 3.58. The first-order chi connectivity index (χ1) is 7.25. The SMILES string of the molecule is CN1CCCC(N(C)C[C@@H]2CCCN2)C1. The van der Waals surface area contributed by atoms with Gasteiger partial charge in [-0.2, -0.15) is 0 Å². The summed E-state index contributed by atoms with van der Waals surface area (Å²) in [7, 11) is 4.54. The van der Waals surface area contributed by atoms with Gasteiger partial charge in [0.25, 0.3) is 0 Å². The topological polar surface area (TPSA) is 18.5 Å². The highest BCUT2D eigenvalue weighted by molar-refractivity contribution is 4.82.